The summed E-state index contributed by atoms with van der Waals surface area (Å²) in [5, 5.41) is 12.2. The van der Waals surface area contributed by atoms with Gasteiger partial charge in [0.15, 0.2) is 0 Å². The molecule has 0 amide bonds. The van der Waals surface area contributed by atoms with Crippen LogP contribution in [0, 0.1) is 0 Å². The van der Waals surface area contributed by atoms with Gasteiger partial charge in [-0.3, -0.25) is 0 Å². The summed E-state index contributed by atoms with van der Waals surface area (Å²) >= 11 is 0. The van der Waals surface area contributed by atoms with Crippen LogP contribution in [0.1, 0.15) is 30.6 Å². The zero-order valence-corrected chi connectivity index (χ0v) is 15.2. The number of aromatic carboxylic acids is 1. The standard InChI is InChI=1S/C19H23NO4.ClH/c1-14(2)24-18-10-6-16(7-11-18)20-12-3-13-23-17-8-4-15(5-9-17)19(21)22;/h4-11,14,20H,3,12-13H2,1-2H3,(H,21,22);1H. The van der Waals surface area contributed by atoms with Crippen molar-refractivity contribution in [3.63, 3.8) is 0 Å². The fourth-order valence-electron chi connectivity index (χ4n) is 2.11. The van der Waals surface area contributed by atoms with Crippen LogP contribution < -0.4 is 14.8 Å². The first kappa shape index (κ1) is 20.6. The van der Waals surface area contributed by atoms with Crippen LogP contribution in [0.4, 0.5) is 5.69 Å². The number of benzene rings is 2. The van der Waals surface area contributed by atoms with E-state index in [0.29, 0.717) is 12.4 Å². The molecule has 0 fully saturated rings. The second-order valence-corrected chi connectivity index (χ2v) is 5.65. The van der Waals surface area contributed by atoms with E-state index in [-0.39, 0.29) is 24.1 Å². The molecule has 25 heavy (non-hydrogen) atoms. The fraction of sp³-hybridized carbons (Fsp3) is 0.316. The van der Waals surface area contributed by atoms with Crippen molar-refractivity contribution in [3.8, 4) is 11.5 Å². The van der Waals surface area contributed by atoms with Gasteiger partial charge in [0.1, 0.15) is 11.5 Å². The van der Waals surface area contributed by atoms with Gasteiger partial charge in [-0.15, -0.1) is 12.4 Å². The molecule has 136 valence electrons. The highest BCUT2D eigenvalue weighted by atomic mass is 35.5. The Balaban J connectivity index is 0.00000312. The lowest BCUT2D eigenvalue weighted by atomic mass is 10.2. The predicted molar refractivity (Wildman–Crippen MR) is 101 cm³/mol. The molecule has 0 bridgehead atoms. The Morgan fingerprint density at radius 2 is 1.64 bits per heavy atom. The lowest BCUT2D eigenvalue weighted by Gasteiger charge is -2.11. The molecular weight excluding hydrogens is 342 g/mol. The van der Waals surface area contributed by atoms with Crippen molar-refractivity contribution in [3.05, 3.63) is 54.1 Å². The smallest absolute Gasteiger partial charge is 0.335 e. The Kier molecular flexibility index (Phi) is 8.64. The van der Waals surface area contributed by atoms with Crippen molar-refractivity contribution in [1.29, 1.82) is 0 Å². The van der Waals surface area contributed by atoms with Crippen LogP contribution in [-0.4, -0.2) is 30.3 Å². The van der Waals surface area contributed by atoms with Crippen molar-refractivity contribution in [1.82, 2.24) is 0 Å². The van der Waals surface area contributed by atoms with E-state index in [0.717, 1.165) is 24.4 Å². The summed E-state index contributed by atoms with van der Waals surface area (Å²) in [7, 11) is 0. The summed E-state index contributed by atoms with van der Waals surface area (Å²) in [6, 6.07) is 14.3. The average Bonchev–Trinajstić information content (AvgIpc) is 2.56. The number of rotatable bonds is 9. The first-order valence-electron chi connectivity index (χ1n) is 8.01. The largest absolute Gasteiger partial charge is 0.494 e. The highest BCUT2D eigenvalue weighted by Crippen LogP contribution is 2.17. The molecule has 0 saturated carbocycles. The molecule has 0 aromatic heterocycles. The van der Waals surface area contributed by atoms with Crippen LogP contribution in [0.5, 0.6) is 11.5 Å². The van der Waals surface area contributed by atoms with Crippen LogP contribution in [0.2, 0.25) is 0 Å². The quantitative estimate of drug-likeness (QED) is 0.641. The number of halogens is 1. The number of ether oxygens (including phenoxy) is 2. The molecule has 0 aliphatic carbocycles. The minimum Gasteiger partial charge on any atom is -0.494 e. The van der Waals surface area contributed by atoms with Gasteiger partial charge >= 0.3 is 5.97 Å². The van der Waals surface area contributed by atoms with E-state index in [4.69, 9.17) is 14.6 Å². The van der Waals surface area contributed by atoms with Crippen molar-refractivity contribution in [2.24, 2.45) is 0 Å². The second kappa shape index (κ2) is 10.5. The fourth-order valence-corrected chi connectivity index (χ4v) is 2.11. The molecule has 0 radical (unpaired) electrons. The maximum absolute atomic E-state index is 10.8. The summed E-state index contributed by atoms with van der Waals surface area (Å²) in [4.78, 5) is 10.8. The van der Waals surface area contributed by atoms with E-state index in [1.54, 1.807) is 12.1 Å². The molecule has 2 rings (SSSR count). The van der Waals surface area contributed by atoms with E-state index >= 15 is 0 Å². The third-order valence-corrected chi connectivity index (χ3v) is 3.25. The zero-order chi connectivity index (χ0) is 17.4. The second-order valence-electron chi connectivity index (χ2n) is 5.65. The molecule has 0 spiro atoms. The van der Waals surface area contributed by atoms with Crippen molar-refractivity contribution in [2.75, 3.05) is 18.5 Å². The van der Waals surface area contributed by atoms with Crippen molar-refractivity contribution in [2.45, 2.75) is 26.4 Å². The van der Waals surface area contributed by atoms with Gasteiger partial charge in [-0.1, -0.05) is 0 Å². The van der Waals surface area contributed by atoms with Crippen LogP contribution in [0.15, 0.2) is 48.5 Å². The summed E-state index contributed by atoms with van der Waals surface area (Å²) in [5.74, 6) is 0.606. The highest BCUT2D eigenvalue weighted by molar-refractivity contribution is 5.87. The number of carboxylic acid groups (broad SMARTS) is 1. The van der Waals surface area contributed by atoms with Gasteiger partial charge in [-0.25, -0.2) is 4.79 Å². The third-order valence-electron chi connectivity index (χ3n) is 3.25. The molecule has 0 unspecified atom stereocenters. The first-order chi connectivity index (χ1) is 11.5. The minimum absolute atomic E-state index is 0. The zero-order valence-electron chi connectivity index (χ0n) is 14.4. The summed E-state index contributed by atoms with van der Waals surface area (Å²) in [5.41, 5.74) is 1.30. The SMILES string of the molecule is CC(C)Oc1ccc(NCCCOc2ccc(C(=O)O)cc2)cc1.Cl. The van der Waals surface area contributed by atoms with Gasteiger partial charge in [0.05, 0.1) is 18.3 Å². The number of carbonyl (C=O) groups is 1. The normalized spacial score (nSPS) is 10.0. The Hall–Kier alpha value is -2.40. The maximum Gasteiger partial charge on any atom is 0.335 e. The molecule has 0 aliphatic heterocycles. The number of anilines is 1. The third kappa shape index (κ3) is 7.35. The average molecular weight is 366 g/mol. The lowest BCUT2D eigenvalue weighted by Crippen LogP contribution is -2.08. The van der Waals surface area contributed by atoms with Crippen molar-refractivity contribution < 1.29 is 19.4 Å². The van der Waals surface area contributed by atoms with Crippen LogP contribution in [0.3, 0.4) is 0 Å². The number of hydrogen-bond donors (Lipinski definition) is 2. The van der Waals surface area contributed by atoms with Gasteiger partial charge in [-0.2, -0.15) is 0 Å². The Bertz CT molecular complexity index is 641. The van der Waals surface area contributed by atoms with E-state index in [1.165, 1.54) is 12.1 Å². The van der Waals surface area contributed by atoms with E-state index in [1.807, 2.05) is 38.1 Å². The Morgan fingerprint density at radius 3 is 2.20 bits per heavy atom. The van der Waals surface area contributed by atoms with E-state index in [2.05, 4.69) is 5.32 Å². The lowest BCUT2D eigenvalue weighted by molar-refractivity contribution is 0.0697. The maximum atomic E-state index is 10.8. The number of nitrogens with one attached hydrogen (secondary N) is 1. The van der Waals surface area contributed by atoms with Gasteiger partial charge in [0, 0.05) is 12.2 Å². The molecule has 2 aromatic carbocycles. The molecule has 2 N–H and O–H groups in total. The van der Waals surface area contributed by atoms with Gasteiger partial charge < -0.3 is 19.9 Å². The highest BCUT2D eigenvalue weighted by Gasteiger charge is 2.02. The summed E-state index contributed by atoms with van der Waals surface area (Å²) < 4.78 is 11.2. The van der Waals surface area contributed by atoms with Crippen LogP contribution >= 0.6 is 12.4 Å². The first-order valence-corrected chi connectivity index (χ1v) is 8.01. The topological polar surface area (TPSA) is 67.8 Å². The van der Waals surface area contributed by atoms with E-state index in [9.17, 15) is 4.79 Å². The van der Waals surface area contributed by atoms with Crippen LogP contribution in [0.25, 0.3) is 0 Å². The molecule has 5 nitrogen and oxygen atoms in total. The summed E-state index contributed by atoms with van der Waals surface area (Å²) in [6.07, 6.45) is 1.01. The van der Waals surface area contributed by atoms with Gasteiger partial charge in [-0.05, 0) is 68.8 Å². The molecule has 0 saturated heterocycles. The monoisotopic (exact) mass is 365 g/mol. The molecular formula is C19H24ClNO4. The van der Waals surface area contributed by atoms with Gasteiger partial charge in [0.25, 0.3) is 0 Å². The molecule has 6 heteroatoms. The van der Waals surface area contributed by atoms with Gasteiger partial charge in [0.2, 0.25) is 0 Å². The van der Waals surface area contributed by atoms with E-state index < -0.39 is 5.97 Å². The van der Waals surface area contributed by atoms with Crippen LogP contribution in [-0.2, 0) is 0 Å². The molecule has 2 aromatic rings. The Morgan fingerprint density at radius 1 is 1.04 bits per heavy atom. The molecule has 0 atom stereocenters. The summed E-state index contributed by atoms with van der Waals surface area (Å²) in [6.45, 7) is 5.36. The predicted octanol–water partition coefficient (Wildman–Crippen LogP) is 4.47. The van der Waals surface area contributed by atoms with Crippen molar-refractivity contribution >= 4 is 24.1 Å². The number of hydrogen-bond acceptors (Lipinski definition) is 4. The minimum atomic E-state index is -0.935. The molecule has 0 heterocycles. The number of carboxylic acids is 1. The Labute approximate surface area is 154 Å². The molecule has 0 aliphatic rings.